The van der Waals surface area contributed by atoms with Crippen LogP contribution in [-0.2, 0) is 0 Å². The van der Waals surface area contributed by atoms with Crippen LogP contribution in [0.15, 0.2) is 91.3 Å². The van der Waals surface area contributed by atoms with Crippen LogP contribution in [0.1, 0.15) is 27.5 Å². The molecule has 3 aromatic carbocycles. The van der Waals surface area contributed by atoms with Crippen LogP contribution in [0.5, 0.6) is 0 Å². The van der Waals surface area contributed by atoms with E-state index < -0.39 is 0 Å². The van der Waals surface area contributed by atoms with Gasteiger partial charge in [-0.1, -0.05) is 78.3 Å². The van der Waals surface area contributed by atoms with Gasteiger partial charge in [-0.2, -0.15) is 0 Å². The molecule has 9 heteroatoms. The van der Waals surface area contributed by atoms with Crippen molar-refractivity contribution < 1.29 is 4.79 Å². The Labute approximate surface area is 221 Å². The van der Waals surface area contributed by atoms with Crippen LogP contribution in [0.2, 0.25) is 5.02 Å². The number of nitrogen functional groups attached to an aromatic ring is 1. The number of hydrogen-bond donors (Lipinski definition) is 3. The number of nitrogens with two attached hydrogens (primary N) is 1. The monoisotopic (exact) mass is 513 g/mol. The van der Waals surface area contributed by atoms with E-state index in [2.05, 4.69) is 79.2 Å². The van der Waals surface area contributed by atoms with Gasteiger partial charge in [-0.05, 0) is 29.3 Å². The zero-order valence-corrected chi connectivity index (χ0v) is 21.0. The molecule has 0 radical (unpaired) electrons. The largest absolute Gasteiger partial charge is 0.393 e. The number of nitrogens with one attached hydrogen (secondary N) is 2. The summed E-state index contributed by atoms with van der Waals surface area (Å²) in [5.74, 6) is 0.642. The molecule has 0 bridgehead atoms. The summed E-state index contributed by atoms with van der Waals surface area (Å²) in [6, 6.07) is 28.0. The zero-order valence-electron chi connectivity index (χ0n) is 20.2. The molecular weight excluding hydrogens is 486 g/mol. The minimum atomic E-state index is -0.344. The van der Waals surface area contributed by atoms with E-state index in [4.69, 9.17) is 17.3 Å². The summed E-state index contributed by atoms with van der Waals surface area (Å²) in [6.07, 6.45) is 1.45. The molecule has 8 nitrogen and oxygen atoms in total. The highest BCUT2D eigenvalue weighted by Gasteiger charge is 2.28. The summed E-state index contributed by atoms with van der Waals surface area (Å²) in [4.78, 5) is 25.8. The van der Waals surface area contributed by atoms with E-state index in [0.717, 1.165) is 26.2 Å². The molecule has 188 valence electrons. The number of rotatable bonds is 7. The lowest BCUT2D eigenvalue weighted by Crippen LogP contribution is -2.48. The summed E-state index contributed by atoms with van der Waals surface area (Å²) >= 11 is 5.99. The Kier molecular flexibility index (Phi) is 7.49. The molecule has 1 amide bonds. The molecule has 1 aromatic heterocycles. The average molecular weight is 514 g/mol. The minimum absolute atomic E-state index is 0.172. The van der Waals surface area contributed by atoms with Gasteiger partial charge in [0, 0.05) is 36.8 Å². The van der Waals surface area contributed by atoms with Gasteiger partial charge in [0.2, 0.25) is 0 Å². The normalized spacial score (nSPS) is 13.9. The SMILES string of the molecule is Nc1c(NNC(=O)c2cccc(Cl)c2)ncnc1N1CCN(C(c2ccccc2)c2ccccc2)CC1. The van der Waals surface area contributed by atoms with Crippen molar-refractivity contribution in [2.75, 3.05) is 42.2 Å². The lowest BCUT2D eigenvalue weighted by molar-refractivity contribution is 0.0962. The van der Waals surface area contributed by atoms with Crippen molar-refractivity contribution >= 4 is 34.8 Å². The highest BCUT2D eigenvalue weighted by Crippen LogP contribution is 2.32. The van der Waals surface area contributed by atoms with Crippen LogP contribution in [0, 0.1) is 0 Å². The molecule has 4 aromatic rings. The van der Waals surface area contributed by atoms with Gasteiger partial charge in [0.25, 0.3) is 5.91 Å². The molecule has 4 N–H and O–H groups in total. The quantitative estimate of drug-likeness (QED) is 0.315. The van der Waals surface area contributed by atoms with Crippen molar-refractivity contribution in [2.45, 2.75) is 6.04 Å². The molecule has 2 heterocycles. The van der Waals surface area contributed by atoms with Gasteiger partial charge in [-0.25, -0.2) is 9.97 Å². The number of carbonyl (C=O) groups is 1. The highest BCUT2D eigenvalue weighted by molar-refractivity contribution is 6.30. The molecule has 37 heavy (non-hydrogen) atoms. The van der Waals surface area contributed by atoms with Gasteiger partial charge < -0.3 is 10.6 Å². The second-order valence-corrected chi connectivity index (χ2v) is 9.23. The first kappa shape index (κ1) is 24.5. The number of nitrogens with zero attached hydrogens (tertiary/aromatic N) is 4. The van der Waals surface area contributed by atoms with E-state index in [1.807, 2.05) is 12.1 Å². The lowest BCUT2D eigenvalue weighted by atomic mass is 9.96. The van der Waals surface area contributed by atoms with Crippen LogP contribution in [0.25, 0.3) is 0 Å². The predicted octanol–water partition coefficient (Wildman–Crippen LogP) is 4.38. The smallest absolute Gasteiger partial charge is 0.269 e. The number of benzene rings is 3. The Hall–Kier alpha value is -4.14. The first-order valence-electron chi connectivity index (χ1n) is 12.1. The van der Waals surface area contributed by atoms with Gasteiger partial charge in [0.15, 0.2) is 11.6 Å². The number of hydrazine groups is 1. The Bertz CT molecular complexity index is 1310. The number of piperazine rings is 1. The third kappa shape index (κ3) is 5.66. The standard InChI is InChI=1S/C28H28ClN7O/c29-23-13-7-12-22(18-23)28(37)34-33-26-24(30)27(32-19-31-26)36-16-14-35(15-17-36)25(20-8-3-1-4-9-20)21-10-5-2-6-11-21/h1-13,18-19,25H,14-17,30H2,(H,34,37)(H,31,32,33). The Balaban J connectivity index is 1.27. The summed E-state index contributed by atoms with van der Waals surface area (Å²) in [5, 5.41) is 0.484. The fourth-order valence-electron chi connectivity index (χ4n) is 4.63. The Morgan fingerprint density at radius 2 is 1.51 bits per heavy atom. The molecule has 0 saturated carbocycles. The fourth-order valence-corrected chi connectivity index (χ4v) is 4.82. The molecule has 1 aliphatic heterocycles. The van der Waals surface area contributed by atoms with Crippen molar-refractivity contribution in [1.82, 2.24) is 20.3 Å². The van der Waals surface area contributed by atoms with Crippen LogP contribution < -0.4 is 21.5 Å². The van der Waals surface area contributed by atoms with Crippen molar-refractivity contribution in [3.8, 4) is 0 Å². The second-order valence-electron chi connectivity index (χ2n) is 8.80. The zero-order chi connectivity index (χ0) is 25.6. The van der Waals surface area contributed by atoms with Crippen molar-refractivity contribution in [3.05, 3.63) is 113 Å². The minimum Gasteiger partial charge on any atom is -0.393 e. The molecule has 0 spiro atoms. The average Bonchev–Trinajstić information content (AvgIpc) is 2.94. The predicted molar refractivity (Wildman–Crippen MR) is 147 cm³/mol. The number of amides is 1. The maximum Gasteiger partial charge on any atom is 0.269 e. The maximum absolute atomic E-state index is 12.5. The number of carbonyl (C=O) groups excluding carboxylic acids is 1. The molecule has 0 atom stereocenters. The third-order valence-corrected chi connectivity index (χ3v) is 6.69. The van der Waals surface area contributed by atoms with Gasteiger partial charge in [0.05, 0.1) is 6.04 Å². The Morgan fingerprint density at radius 1 is 0.865 bits per heavy atom. The van der Waals surface area contributed by atoms with E-state index in [9.17, 15) is 4.79 Å². The molecule has 1 saturated heterocycles. The van der Waals surface area contributed by atoms with Gasteiger partial charge in [-0.15, -0.1) is 0 Å². The summed E-state index contributed by atoms with van der Waals surface area (Å²) in [6.45, 7) is 3.19. The number of halogens is 1. The molecular formula is C28H28ClN7O. The van der Waals surface area contributed by atoms with E-state index in [1.54, 1.807) is 24.3 Å². The fraction of sp³-hybridized carbons (Fsp3) is 0.179. The Morgan fingerprint density at radius 3 is 2.14 bits per heavy atom. The molecule has 1 fully saturated rings. The molecule has 0 unspecified atom stereocenters. The van der Waals surface area contributed by atoms with Gasteiger partial charge in [0.1, 0.15) is 12.0 Å². The van der Waals surface area contributed by atoms with Gasteiger partial charge in [-0.3, -0.25) is 20.5 Å². The summed E-state index contributed by atoms with van der Waals surface area (Å²) in [7, 11) is 0. The maximum atomic E-state index is 12.5. The highest BCUT2D eigenvalue weighted by atomic mass is 35.5. The van der Waals surface area contributed by atoms with Crippen LogP contribution in [-0.4, -0.2) is 47.0 Å². The lowest BCUT2D eigenvalue weighted by Gasteiger charge is -2.40. The van der Waals surface area contributed by atoms with Crippen molar-refractivity contribution in [1.29, 1.82) is 0 Å². The number of hydrogen-bond acceptors (Lipinski definition) is 7. The van der Waals surface area contributed by atoms with E-state index >= 15 is 0 Å². The van der Waals surface area contributed by atoms with Gasteiger partial charge >= 0.3 is 0 Å². The van der Waals surface area contributed by atoms with Crippen LogP contribution >= 0.6 is 11.6 Å². The number of aromatic nitrogens is 2. The van der Waals surface area contributed by atoms with Crippen molar-refractivity contribution in [2.24, 2.45) is 0 Å². The third-order valence-electron chi connectivity index (χ3n) is 6.45. The molecule has 1 aliphatic rings. The van der Waals surface area contributed by atoms with E-state index in [0.29, 0.717) is 27.9 Å². The van der Waals surface area contributed by atoms with Crippen molar-refractivity contribution in [3.63, 3.8) is 0 Å². The summed E-state index contributed by atoms with van der Waals surface area (Å²) < 4.78 is 0. The first-order valence-corrected chi connectivity index (χ1v) is 12.5. The first-order chi connectivity index (χ1) is 18.1. The second kappa shape index (κ2) is 11.3. The van der Waals surface area contributed by atoms with Crippen LogP contribution in [0.3, 0.4) is 0 Å². The van der Waals surface area contributed by atoms with E-state index in [1.165, 1.54) is 17.5 Å². The van der Waals surface area contributed by atoms with Crippen LogP contribution in [0.4, 0.5) is 17.3 Å². The molecule has 5 rings (SSSR count). The van der Waals surface area contributed by atoms with E-state index in [-0.39, 0.29) is 11.9 Å². The summed E-state index contributed by atoms with van der Waals surface area (Å²) in [5.41, 5.74) is 15.2. The molecule has 0 aliphatic carbocycles. The number of anilines is 3. The topological polar surface area (TPSA) is 99.4 Å².